The third-order valence-electron chi connectivity index (χ3n) is 5.37. The number of piperazine rings is 1. The monoisotopic (exact) mass is 380 g/mol. The van der Waals surface area contributed by atoms with Crippen molar-refractivity contribution in [3.8, 4) is 11.1 Å². The first-order valence-corrected chi connectivity index (χ1v) is 9.69. The van der Waals surface area contributed by atoms with Crippen LogP contribution in [0.15, 0.2) is 48.5 Å². The van der Waals surface area contributed by atoms with E-state index in [0.29, 0.717) is 19.6 Å². The first-order valence-electron chi connectivity index (χ1n) is 9.69. The van der Waals surface area contributed by atoms with Crippen LogP contribution in [0.3, 0.4) is 0 Å². The number of hydrogen-bond donors (Lipinski definition) is 1. The normalized spacial score (nSPS) is 18.3. The molecule has 1 saturated heterocycles. The van der Waals surface area contributed by atoms with E-state index in [9.17, 15) is 9.59 Å². The molecule has 2 aromatic rings. The van der Waals surface area contributed by atoms with Gasteiger partial charge >= 0.3 is 12.1 Å². The summed E-state index contributed by atoms with van der Waals surface area (Å²) in [6.45, 7) is 3.70. The van der Waals surface area contributed by atoms with E-state index < -0.39 is 18.1 Å². The molecule has 28 heavy (non-hydrogen) atoms. The molecule has 146 valence electrons. The zero-order valence-corrected chi connectivity index (χ0v) is 15.9. The highest BCUT2D eigenvalue weighted by Crippen LogP contribution is 2.44. The minimum atomic E-state index is -0.649. The minimum Gasteiger partial charge on any atom is -0.464 e. The number of ether oxygens (including phenoxy) is 2. The van der Waals surface area contributed by atoms with Crippen molar-refractivity contribution in [3.05, 3.63) is 59.7 Å². The van der Waals surface area contributed by atoms with Crippen LogP contribution in [0, 0.1) is 0 Å². The van der Waals surface area contributed by atoms with Crippen LogP contribution in [0.5, 0.6) is 0 Å². The summed E-state index contributed by atoms with van der Waals surface area (Å²) in [6.07, 6.45) is -0.471. The Bertz CT molecular complexity index is 837. The van der Waals surface area contributed by atoms with Gasteiger partial charge in [0, 0.05) is 25.6 Å². The maximum atomic E-state index is 12.8. The van der Waals surface area contributed by atoms with Gasteiger partial charge in [-0.25, -0.2) is 9.59 Å². The summed E-state index contributed by atoms with van der Waals surface area (Å²) in [5.74, 6) is -0.400. The molecule has 1 aliphatic carbocycles. The zero-order valence-electron chi connectivity index (χ0n) is 15.9. The van der Waals surface area contributed by atoms with Crippen molar-refractivity contribution in [1.82, 2.24) is 10.2 Å². The highest BCUT2D eigenvalue weighted by atomic mass is 16.6. The molecule has 1 unspecified atom stereocenters. The van der Waals surface area contributed by atoms with E-state index in [0.717, 1.165) is 0 Å². The predicted octanol–water partition coefficient (Wildman–Crippen LogP) is 2.77. The lowest BCUT2D eigenvalue weighted by molar-refractivity contribution is -0.149. The first-order chi connectivity index (χ1) is 13.7. The lowest BCUT2D eigenvalue weighted by Gasteiger charge is -2.33. The summed E-state index contributed by atoms with van der Waals surface area (Å²) < 4.78 is 10.8. The van der Waals surface area contributed by atoms with Crippen LogP contribution >= 0.6 is 0 Å². The Labute approximate surface area is 164 Å². The fraction of sp³-hybridized carbons (Fsp3) is 0.364. The average molecular weight is 380 g/mol. The molecule has 6 nitrogen and oxygen atoms in total. The molecular weight excluding hydrogens is 356 g/mol. The van der Waals surface area contributed by atoms with Crippen molar-refractivity contribution in [2.75, 3.05) is 32.8 Å². The Morgan fingerprint density at radius 3 is 2.32 bits per heavy atom. The molecule has 6 heteroatoms. The molecule has 1 N–H and O–H groups in total. The van der Waals surface area contributed by atoms with E-state index in [1.807, 2.05) is 24.3 Å². The molecule has 4 rings (SSSR count). The smallest absolute Gasteiger partial charge is 0.410 e. The number of carbonyl (C=O) groups excluding carboxylic acids is 2. The zero-order chi connectivity index (χ0) is 19.5. The SMILES string of the molecule is CCOC(=O)C1CNCCN1C(=O)OCC1c2ccccc2-c2ccccc21. The third-order valence-corrected chi connectivity index (χ3v) is 5.37. The van der Waals surface area contributed by atoms with Gasteiger partial charge < -0.3 is 14.8 Å². The van der Waals surface area contributed by atoms with E-state index in [-0.39, 0.29) is 19.1 Å². The van der Waals surface area contributed by atoms with Gasteiger partial charge in [0.15, 0.2) is 0 Å². The quantitative estimate of drug-likeness (QED) is 0.826. The molecular formula is C22H24N2O4. The van der Waals surface area contributed by atoms with Crippen LogP contribution in [-0.2, 0) is 14.3 Å². The molecule has 1 fully saturated rings. The van der Waals surface area contributed by atoms with Crippen LogP contribution in [0.4, 0.5) is 4.79 Å². The molecule has 0 aromatic heterocycles. The van der Waals surface area contributed by atoms with Crippen LogP contribution < -0.4 is 5.32 Å². The summed E-state index contributed by atoms with van der Waals surface area (Å²) in [7, 11) is 0. The number of amides is 1. The molecule has 0 saturated carbocycles. The van der Waals surface area contributed by atoms with Crippen LogP contribution in [0.1, 0.15) is 24.0 Å². The molecule has 2 aliphatic rings. The van der Waals surface area contributed by atoms with Gasteiger partial charge in [-0.05, 0) is 29.2 Å². The number of carbonyl (C=O) groups is 2. The molecule has 0 bridgehead atoms. The highest BCUT2D eigenvalue weighted by Gasteiger charge is 2.35. The Hall–Kier alpha value is -2.86. The van der Waals surface area contributed by atoms with Gasteiger partial charge in [0.25, 0.3) is 0 Å². The molecule has 1 amide bonds. The second kappa shape index (κ2) is 8.02. The maximum absolute atomic E-state index is 12.8. The summed E-state index contributed by atoms with van der Waals surface area (Å²) in [5, 5.41) is 3.13. The number of rotatable bonds is 4. The van der Waals surface area contributed by atoms with Crippen LogP contribution in [-0.4, -0.2) is 55.9 Å². The lowest BCUT2D eigenvalue weighted by atomic mass is 9.98. The fourth-order valence-electron chi connectivity index (χ4n) is 4.05. The van der Waals surface area contributed by atoms with Gasteiger partial charge in [0.2, 0.25) is 0 Å². The molecule has 2 aromatic carbocycles. The summed E-state index contributed by atoms with van der Waals surface area (Å²) >= 11 is 0. The number of benzene rings is 2. The number of esters is 1. The fourth-order valence-corrected chi connectivity index (χ4v) is 4.05. The lowest BCUT2D eigenvalue weighted by Crippen LogP contribution is -2.57. The number of fused-ring (bicyclic) bond motifs is 3. The topological polar surface area (TPSA) is 67.9 Å². The van der Waals surface area contributed by atoms with Gasteiger partial charge in [-0.3, -0.25) is 4.90 Å². The highest BCUT2D eigenvalue weighted by molar-refractivity contribution is 5.82. The largest absolute Gasteiger partial charge is 0.464 e. The van der Waals surface area contributed by atoms with Gasteiger partial charge in [0.1, 0.15) is 12.6 Å². The molecule has 0 radical (unpaired) electrons. The van der Waals surface area contributed by atoms with Crippen molar-refractivity contribution < 1.29 is 19.1 Å². The Morgan fingerprint density at radius 1 is 1.04 bits per heavy atom. The van der Waals surface area contributed by atoms with Gasteiger partial charge in [-0.2, -0.15) is 0 Å². The summed E-state index contributed by atoms with van der Waals surface area (Å²) in [6, 6.07) is 15.8. The number of nitrogens with zero attached hydrogens (tertiary/aromatic N) is 1. The van der Waals surface area contributed by atoms with E-state index in [2.05, 4.69) is 29.6 Å². The van der Waals surface area contributed by atoms with Crippen molar-refractivity contribution in [1.29, 1.82) is 0 Å². The molecule has 0 spiro atoms. The van der Waals surface area contributed by atoms with Crippen LogP contribution in [0.2, 0.25) is 0 Å². The minimum absolute atomic E-state index is 0.000286. The van der Waals surface area contributed by atoms with Gasteiger partial charge in [0.05, 0.1) is 6.61 Å². The van der Waals surface area contributed by atoms with E-state index >= 15 is 0 Å². The first kappa shape index (κ1) is 18.5. The summed E-state index contributed by atoms with van der Waals surface area (Å²) in [5.41, 5.74) is 4.70. The second-order valence-corrected chi connectivity index (χ2v) is 6.97. The maximum Gasteiger partial charge on any atom is 0.410 e. The van der Waals surface area contributed by atoms with Crippen molar-refractivity contribution in [3.63, 3.8) is 0 Å². The van der Waals surface area contributed by atoms with E-state index in [1.165, 1.54) is 27.2 Å². The van der Waals surface area contributed by atoms with Crippen LogP contribution in [0.25, 0.3) is 11.1 Å². The molecule has 1 atom stereocenters. The predicted molar refractivity (Wildman–Crippen MR) is 105 cm³/mol. The summed E-state index contributed by atoms with van der Waals surface area (Å²) in [4.78, 5) is 26.4. The average Bonchev–Trinajstić information content (AvgIpc) is 3.06. The Morgan fingerprint density at radius 2 is 1.68 bits per heavy atom. The number of hydrogen-bond acceptors (Lipinski definition) is 5. The molecule has 1 heterocycles. The number of nitrogens with one attached hydrogen (secondary N) is 1. The van der Waals surface area contributed by atoms with Crippen molar-refractivity contribution >= 4 is 12.1 Å². The standard InChI is InChI=1S/C22H24N2O4/c1-2-27-21(25)20-13-23-11-12-24(20)22(26)28-14-19-17-9-5-3-7-15(17)16-8-4-6-10-18(16)19/h3-10,19-20,23H,2,11-14H2,1H3. The van der Waals surface area contributed by atoms with Crippen molar-refractivity contribution in [2.45, 2.75) is 18.9 Å². The van der Waals surface area contributed by atoms with Gasteiger partial charge in [-0.1, -0.05) is 48.5 Å². The van der Waals surface area contributed by atoms with E-state index in [1.54, 1.807) is 6.92 Å². The van der Waals surface area contributed by atoms with Gasteiger partial charge in [-0.15, -0.1) is 0 Å². The van der Waals surface area contributed by atoms with Crippen molar-refractivity contribution in [2.24, 2.45) is 0 Å². The Balaban J connectivity index is 1.49. The van der Waals surface area contributed by atoms with E-state index in [4.69, 9.17) is 9.47 Å². The second-order valence-electron chi connectivity index (χ2n) is 6.97. The third kappa shape index (κ3) is 3.36. The molecule has 1 aliphatic heterocycles. The Kier molecular flexibility index (Phi) is 5.30.